The molecule has 0 aromatic carbocycles. The zero-order chi connectivity index (χ0) is 38.6. The van der Waals surface area contributed by atoms with Crippen LogP contribution in [0.1, 0.15) is 47.5 Å². The van der Waals surface area contributed by atoms with Gasteiger partial charge in [0, 0.05) is 27.4 Å². The van der Waals surface area contributed by atoms with Gasteiger partial charge < -0.3 is 58.7 Å². The van der Waals surface area contributed by atoms with Gasteiger partial charge in [0.15, 0.2) is 35.1 Å². The number of aliphatic hydroxyl groups is 4. The van der Waals surface area contributed by atoms with Crippen LogP contribution in [0.15, 0.2) is 28.1 Å². The standard InChI is InChI=1S/C31H40N2O17S/c1-7-16(33-11-51)29(41)50-24-18(10-45-14(4)34)48-27(30(42)9-17(36)22(32)21(26(30)38)28(39)40)23(37)25(24)49-20-8-19(44-6)31(43,13(3)47-20)12(2)46-15(5)35/h7,12-13,18-20,23-25,27,32,37-38,42-43H,8-10H2,1-6H3,(H,39,40)/b16-7+,32-22?/t12-,13-,18-,19+,20+,23+,24+,25+,27-,30+,31-/m0/s1. The Labute approximate surface area is 296 Å². The largest absolute Gasteiger partial charge is 0.508 e. The third-order valence-corrected chi connectivity index (χ3v) is 8.90. The molecule has 2 heterocycles. The van der Waals surface area contributed by atoms with E-state index in [-0.39, 0.29) is 12.1 Å². The number of esters is 3. The topological polar surface area (TPSA) is 287 Å². The maximum Gasteiger partial charge on any atom is 0.357 e. The van der Waals surface area contributed by atoms with Crippen molar-refractivity contribution < 1.29 is 82.7 Å². The van der Waals surface area contributed by atoms with Crippen molar-refractivity contribution in [3.63, 3.8) is 0 Å². The number of carboxylic acid groups (broad SMARTS) is 1. The van der Waals surface area contributed by atoms with Crippen LogP contribution in [0.5, 0.6) is 0 Å². The fraction of sp³-hybridized carbons (Fsp3) is 0.645. The van der Waals surface area contributed by atoms with E-state index >= 15 is 0 Å². The maximum absolute atomic E-state index is 13.2. The molecule has 51 heavy (non-hydrogen) atoms. The highest BCUT2D eigenvalue weighted by atomic mass is 32.1. The van der Waals surface area contributed by atoms with Crippen molar-refractivity contribution in [1.29, 1.82) is 5.41 Å². The van der Waals surface area contributed by atoms with Crippen molar-refractivity contribution in [2.45, 2.75) is 114 Å². The number of methoxy groups -OCH3 is 1. The summed E-state index contributed by atoms with van der Waals surface area (Å²) < 4.78 is 39.4. The predicted molar refractivity (Wildman–Crippen MR) is 170 cm³/mol. The Morgan fingerprint density at radius 2 is 1.82 bits per heavy atom. The number of carbonyl (C=O) groups excluding carboxylic acids is 4. The van der Waals surface area contributed by atoms with E-state index in [1.165, 1.54) is 34.0 Å². The molecule has 11 atom stereocenters. The highest BCUT2D eigenvalue weighted by molar-refractivity contribution is 7.78. The van der Waals surface area contributed by atoms with Gasteiger partial charge in [0.25, 0.3) is 0 Å². The maximum atomic E-state index is 13.2. The van der Waals surface area contributed by atoms with Crippen molar-refractivity contribution >= 4 is 52.8 Å². The monoisotopic (exact) mass is 744 g/mol. The summed E-state index contributed by atoms with van der Waals surface area (Å²) in [7, 11) is 1.25. The molecule has 0 aromatic rings. The molecule has 0 spiro atoms. The fourth-order valence-electron chi connectivity index (χ4n) is 6.25. The number of aliphatic hydroxyl groups excluding tert-OH is 2. The van der Waals surface area contributed by atoms with Crippen LogP contribution >= 0.6 is 12.2 Å². The Kier molecular flexibility index (Phi) is 13.5. The van der Waals surface area contributed by atoms with E-state index in [0.29, 0.717) is 0 Å². The van der Waals surface area contributed by atoms with Crippen LogP contribution in [0.3, 0.4) is 0 Å². The molecule has 0 aromatic heterocycles. The summed E-state index contributed by atoms with van der Waals surface area (Å²) >= 11 is 4.58. The van der Waals surface area contributed by atoms with Crippen molar-refractivity contribution in [2.75, 3.05) is 13.7 Å². The minimum Gasteiger partial charge on any atom is -0.508 e. The number of nitrogens with zero attached hydrogens (tertiary/aromatic N) is 1. The smallest absolute Gasteiger partial charge is 0.357 e. The van der Waals surface area contributed by atoms with Crippen LogP contribution in [-0.4, -0.2) is 146 Å². The first kappa shape index (κ1) is 41.4. The second-order valence-corrected chi connectivity index (χ2v) is 12.2. The molecule has 3 aliphatic rings. The van der Waals surface area contributed by atoms with Crippen LogP contribution < -0.4 is 0 Å². The van der Waals surface area contributed by atoms with E-state index in [2.05, 4.69) is 17.2 Å². The lowest BCUT2D eigenvalue weighted by molar-refractivity contribution is -0.345. The summed E-state index contributed by atoms with van der Waals surface area (Å²) in [5.41, 5.74) is -7.72. The summed E-state index contributed by atoms with van der Waals surface area (Å²) in [5, 5.41) is 65.7. The number of allylic oxidation sites excluding steroid dienone is 1. The number of carboxylic acids is 1. The highest BCUT2D eigenvalue weighted by Crippen LogP contribution is 2.42. The molecule has 2 aliphatic heterocycles. The van der Waals surface area contributed by atoms with E-state index < -0.39 is 126 Å². The van der Waals surface area contributed by atoms with E-state index in [4.69, 9.17) is 38.6 Å². The number of rotatable bonds is 12. The number of hydrogen-bond acceptors (Lipinski definition) is 19. The van der Waals surface area contributed by atoms with Crippen LogP contribution in [0, 0.1) is 5.41 Å². The SMILES string of the molecule is C/C=C(/N=C=S)C(=O)O[C@H]1[C@H](O[C@@H]2C[C@@H](OC)[C@](O)([C@H](C)OC(C)=O)[C@H](C)O2)[C@@H](O)[C@@H]([C@@]2(O)CC(=O)C(=N)C(C(=O)O)=C2O)O[C@H]1COC(C)=O. The molecule has 2 fully saturated rings. The number of aliphatic carboxylic acids is 1. The molecule has 0 saturated carbocycles. The number of aliphatic imine (C=N–C) groups is 1. The number of Topliss-reactive ketones (excluding diaryl/α,β-unsaturated/α-hetero) is 1. The second kappa shape index (κ2) is 16.6. The number of thiocarbonyl (C=S) groups is 1. The Bertz CT molecular complexity index is 1540. The first-order valence-corrected chi connectivity index (χ1v) is 15.9. The molecule has 2 saturated heterocycles. The van der Waals surface area contributed by atoms with Crippen LogP contribution in [0.25, 0.3) is 0 Å². The van der Waals surface area contributed by atoms with E-state index in [1.807, 2.05) is 5.16 Å². The zero-order valence-electron chi connectivity index (χ0n) is 28.4. The number of isothiocyanates is 1. The van der Waals surface area contributed by atoms with Gasteiger partial charge in [0.2, 0.25) is 0 Å². The van der Waals surface area contributed by atoms with Gasteiger partial charge in [-0.05, 0) is 33.0 Å². The molecule has 19 nitrogen and oxygen atoms in total. The first-order chi connectivity index (χ1) is 23.8. The van der Waals surface area contributed by atoms with E-state index in [0.717, 1.165) is 13.8 Å². The average Bonchev–Trinajstić information content (AvgIpc) is 3.04. The fourth-order valence-corrected chi connectivity index (χ4v) is 6.35. The van der Waals surface area contributed by atoms with Gasteiger partial charge in [0.1, 0.15) is 54.2 Å². The van der Waals surface area contributed by atoms with Gasteiger partial charge in [-0.3, -0.25) is 19.8 Å². The second-order valence-electron chi connectivity index (χ2n) is 12.0. The Balaban J connectivity index is 2.17. The average molecular weight is 745 g/mol. The van der Waals surface area contributed by atoms with Crippen molar-refractivity contribution in [1.82, 2.24) is 0 Å². The predicted octanol–water partition coefficient (Wildman–Crippen LogP) is -0.566. The summed E-state index contributed by atoms with van der Waals surface area (Å²) in [5.74, 6) is -7.31. The third-order valence-electron chi connectivity index (χ3n) is 8.81. The molecule has 282 valence electrons. The molecule has 6 N–H and O–H groups in total. The minimum atomic E-state index is -3.02. The van der Waals surface area contributed by atoms with Crippen LogP contribution in [0.4, 0.5) is 0 Å². The van der Waals surface area contributed by atoms with Gasteiger partial charge >= 0.3 is 23.9 Å². The normalized spacial score (nSPS) is 35.0. The van der Waals surface area contributed by atoms with Crippen molar-refractivity contribution in [3.05, 3.63) is 23.1 Å². The number of carbonyl (C=O) groups is 5. The van der Waals surface area contributed by atoms with Crippen molar-refractivity contribution in [2.24, 2.45) is 4.99 Å². The Hall–Kier alpha value is -3.98. The number of hydrogen-bond donors (Lipinski definition) is 6. The van der Waals surface area contributed by atoms with Crippen LogP contribution in [-0.2, 0) is 57.1 Å². The third kappa shape index (κ3) is 8.40. The lowest BCUT2D eigenvalue weighted by atomic mass is 9.74. The molecule has 0 radical (unpaired) electrons. The van der Waals surface area contributed by atoms with Gasteiger partial charge in [-0.2, -0.15) is 4.99 Å². The molecule has 0 amide bonds. The Morgan fingerprint density at radius 1 is 1.18 bits per heavy atom. The molecule has 1 aliphatic carbocycles. The molecule has 0 unspecified atom stereocenters. The Morgan fingerprint density at radius 3 is 2.35 bits per heavy atom. The molecule has 3 rings (SSSR count). The summed E-state index contributed by atoms with van der Waals surface area (Å²) in [6.45, 7) is 5.66. The zero-order valence-corrected chi connectivity index (χ0v) is 29.2. The summed E-state index contributed by atoms with van der Waals surface area (Å²) in [4.78, 5) is 65.1. The first-order valence-electron chi connectivity index (χ1n) is 15.4. The molecule has 20 heteroatoms. The van der Waals surface area contributed by atoms with Crippen molar-refractivity contribution in [3.8, 4) is 0 Å². The van der Waals surface area contributed by atoms with Gasteiger partial charge in [-0.1, -0.05) is 6.08 Å². The minimum absolute atomic E-state index is 0.323. The number of ether oxygens (including phenoxy) is 7. The molecular weight excluding hydrogens is 704 g/mol. The number of nitrogens with one attached hydrogen (secondary N) is 1. The molecular formula is C31H40N2O17S. The highest BCUT2D eigenvalue weighted by Gasteiger charge is 2.62. The van der Waals surface area contributed by atoms with Gasteiger partial charge in [-0.15, -0.1) is 0 Å². The van der Waals surface area contributed by atoms with E-state index in [1.54, 1.807) is 0 Å². The molecule has 0 bridgehead atoms. The lowest BCUT2D eigenvalue weighted by Gasteiger charge is -2.52. The van der Waals surface area contributed by atoms with Gasteiger partial charge in [0.05, 0.1) is 23.8 Å². The van der Waals surface area contributed by atoms with Crippen LogP contribution in [0.2, 0.25) is 0 Å². The van der Waals surface area contributed by atoms with E-state index in [9.17, 15) is 49.5 Å². The summed E-state index contributed by atoms with van der Waals surface area (Å²) in [6.07, 6.45) is -15.0. The summed E-state index contributed by atoms with van der Waals surface area (Å²) in [6, 6.07) is 0. The van der Waals surface area contributed by atoms with Gasteiger partial charge in [-0.25, -0.2) is 9.59 Å². The quantitative estimate of drug-likeness (QED) is 0.0480. The lowest BCUT2D eigenvalue weighted by Crippen LogP contribution is -2.70. The number of ketones is 1.